The van der Waals surface area contributed by atoms with Crippen molar-refractivity contribution in [1.82, 2.24) is 0 Å². The van der Waals surface area contributed by atoms with Crippen molar-refractivity contribution in [2.24, 2.45) is 5.92 Å². The predicted octanol–water partition coefficient (Wildman–Crippen LogP) is 2.86. The van der Waals surface area contributed by atoms with E-state index in [9.17, 15) is 8.76 Å². The zero-order valence-electron chi connectivity index (χ0n) is 9.13. The molecule has 0 fully saturated rings. The Morgan fingerprint density at radius 3 is 2.31 bits per heavy atom. The Kier molecular flexibility index (Phi) is 5.81. The highest BCUT2D eigenvalue weighted by Gasteiger charge is 2.22. The quantitative estimate of drug-likeness (QED) is 0.625. The summed E-state index contributed by atoms with van der Waals surface area (Å²) in [5.41, 5.74) is 0. The van der Waals surface area contributed by atoms with Gasteiger partial charge in [-0.3, -0.25) is 4.21 Å². The second kappa shape index (κ2) is 5.76. The lowest BCUT2D eigenvalue weighted by molar-refractivity contribution is 0.429. The Morgan fingerprint density at radius 2 is 2.00 bits per heavy atom. The van der Waals surface area contributed by atoms with Gasteiger partial charge in [-0.2, -0.15) is 0 Å². The van der Waals surface area contributed by atoms with E-state index < -0.39 is 15.8 Å². The standard InChI is InChI=1S/C10H22O2S/c1-5-10(4,13(11)12)8-6-7-9(2)3/h9H,5-8H2,1-4H3,(H,11,12)/p-1. The average molecular weight is 205 g/mol. The molecule has 0 bridgehead atoms. The average Bonchev–Trinajstić information content (AvgIpc) is 2.03. The first-order valence-corrected chi connectivity index (χ1v) is 6.09. The molecule has 0 aliphatic heterocycles. The highest BCUT2D eigenvalue weighted by molar-refractivity contribution is 7.80. The van der Waals surface area contributed by atoms with Gasteiger partial charge in [-0.05, 0) is 36.8 Å². The summed E-state index contributed by atoms with van der Waals surface area (Å²) in [5.74, 6) is 0.668. The monoisotopic (exact) mass is 205 g/mol. The number of rotatable bonds is 6. The summed E-state index contributed by atoms with van der Waals surface area (Å²) < 4.78 is 21.4. The first-order chi connectivity index (χ1) is 5.92. The van der Waals surface area contributed by atoms with Gasteiger partial charge in [-0.1, -0.05) is 33.6 Å². The van der Waals surface area contributed by atoms with Crippen LogP contribution < -0.4 is 0 Å². The minimum absolute atomic E-state index is 0.505. The van der Waals surface area contributed by atoms with Crippen LogP contribution in [0.25, 0.3) is 0 Å². The van der Waals surface area contributed by atoms with E-state index in [0.29, 0.717) is 12.3 Å². The molecule has 0 aliphatic rings. The van der Waals surface area contributed by atoms with Gasteiger partial charge >= 0.3 is 0 Å². The molecule has 13 heavy (non-hydrogen) atoms. The Hall–Kier alpha value is 0.110. The van der Waals surface area contributed by atoms with Crippen LogP contribution >= 0.6 is 0 Å². The molecule has 0 rings (SSSR count). The van der Waals surface area contributed by atoms with E-state index in [2.05, 4.69) is 13.8 Å². The molecule has 2 unspecified atom stereocenters. The fraction of sp³-hybridized carbons (Fsp3) is 1.00. The van der Waals surface area contributed by atoms with E-state index in [1.54, 1.807) is 0 Å². The van der Waals surface area contributed by atoms with E-state index in [4.69, 9.17) is 0 Å². The van der Waals surface area contributed by atoms with Crippen molar-refractivity contribution in [3.05, 3.63) is 0 Å². The topological polar surface area (TPSA) is 40.1 Å². The normalized spacial score (nSPS) is 18.6. The van der Waals surface area contributed by atoms with Crippen LogP contribution in [-0.2, 0) is 11.1 Å². The molecule has 0 aromatic heterocycles. The van der Waals surface area contributed by atoms with E-state index >= 15 is 0 Å². The first-order valence-electron chi connectivity index (χ1n) is 5.01. The van der Waals surface area contributed by atoms with Crippen LogP contribution in [0.2, 0.25) is 0 Å². The fourth-order valence-corrected chi connectivity index (χ4v) is 1.81. The van der Waals surface area contributed by atoms with Gasteiger partial charge in [0, 0.05) is 4.75 Å². The SMILES string of the molecule is CCC(C)(CCCC(C)C)S(=O)[O-]. The molecule has 0 saturated carbocycles. The van der Waals surface area contributed by atoms with Crippen molar-refractivity contribution in [3.63, 3.8) is 0 Å². The van der Waals surface area contributed by atoms with Crippen molar-refractivity contribution in [1.29, 1.82) is 0 Å². The Morgan fingerprint density at radius 1 is 1.46 bits per heavy atom. The van der Waals surface area contributed by atoms with Crippen molar-refractivity contribution in [3.8, 4) is 0 Å². The number of hydrogen-bond acceptors (Lipinski definition) is 2. The van der Waals surface area contributed by atoms with Crippen LogP contribution in [0, 0.1) is 5.92 Å². The van der Waals surface area contributed by atoms with Gasteiger partial charge in [0.2, 0.25) is 0 Å². The third kappa shape index (κ3) is 4.77. The van der Waals surface area contributed by atoms with Crippen molar-refractivity contribution in [2.75, 3.05) is 0 Å². The third-order valence-corrected chi connectivity index (χ3v) is 3.93. The molecule has 0 saturated heterocycles. The van der Waals surface area contributed by atoms with Crippen molar-refractivity contribution >= 4 is 11.1 Å². The molecule has 3 heteroatoms. The van der Waals surface area contributed by atoms with E-state index in [1.165, 1.54) is 0 Å². The smallest absolute Gasteiger partial charge is 0.0297 e. The second-order valence-corrected chi connectivity index (χ2v) is 5.78. The van der Waals surface area contributed by atoms with Gasteiger partial charge in [0.15, 0.2) is 0 Å². The molecule has 0 radical (unpaired) electrons. The lowest BCUT2D eigenvalue weighted by Gasteiger charge is -2.31. The Labute approximate surface area is 84.4 Å². The van der Waals surface area contributed by atoms with Crippen LogP contribution in [-0.4, -0.2) is 13.5 Å². The molecule has 0 heterocycles. The van der Waals surface area contributed by atoms with Gasteiger partial charge in [-0.15, -0.1) is 0 Å². The Bertz CT molecular complexity index is 168. The minimum Gasteiger partial charge on any atom is -0.772 e. The molecule has 2 nitrogen and oxygen atoms in total. The van der Waals surface area contributed by atoms with E-state index in [1.807, 2.05) is 13.8 Å². The molecular formula is C10H21O2S-. The molecule has 0 aromatic carbocycles. The molecule has 2 atom stereocenters. The van der Waals surface area contributed by atoms with Gasteiger partial charge in [0.05, 0.1) is 0 Å². The molecule has 0 aromatic rings. The van der Waals surface area contributed by atoms with E-state index in [-0.39, 0.29) is 0 Å². The van der Waals surface area contributed by atoms with Crippen LogP contribution in [0.15, 0.2) is 0 Å². The van der Waals surface area contributed by atoms with Gasteiger partial charge in [-0.25, -0.2) is 0 Å². The summed E-state index contributed by atoms with van der Waals surface area (Å²) in [5, 5.41) is 0. The van der Waals surface area contributed by atoms with Crippen molar-refractivity contribution < 1.29 is 8.76 Å². The van der Waals surface area contributed by atoms with Crippen LogP contribution in [0.1, 0.15) is 53.4 Å². The molecule has 80 valence electrons. The lowest BCUT2D eigenvalue weighted by atomic mass is 9.97. The van der Waals surface area contributed by atoms with Crippen LogP contribution in [0.3, 0.4) is 0 Å². The van der Waals surface area contributed by atoms with Crippen molar-refractivity contribution in [2.45, 2.75) is 58.1 Å². The summed E-state index contributed by atoms with van der Waals surface area (Å²) in [4.78, 5) is 0. The van der Waals surface area contributed by atoms with E-state index in [0.717, 1.165) is 19.3 Å². The summed E-state index contributed by atoms with van der Waals surface area (Å²) in [6.45, 7) is 8.09. The van der Waals surface area contributed by atoms with Crippen LogP contribution in [0.4, 0.5) is 0 Å². The first kappa shape index (κ1) is 13.1. The molecule has 0 aliphatic carbocycles. The largest absolute Gasteiger partial charge is 0.772 e. The molecular weight excluding hydrogens is 184 g/mol. The lowest BCUT2D eigenvalue weighted by Crippen LogP contribution is -2.29. The molecule has 0 spiro atoms. The highest BCUT2D eigenvalue weighted by Crippen LogP contribution is 2.24. The molecule has 0 amide bonds. The fourth-order valence-electron chi connectivity index (χ4n) is 1.26. The predicted molar refractivity (Wildman–Crippen MR) is 56.3 cm³/mol. The second-order valence-electron chi connectivity index (χ2n) is 4.32. The molecule has 0 N–H and O–H groups in total. The van der Waals surface area contributed by atoms with Gasteiger partial charge < -0.3 is 4.55 Å². The minimum atomic E-state index is -1.93. The summed E-state index contributed by atoms with van der Waals surface area (Å²) >= 11 is -1.93. The van der Waals surface area contributed by atoms with Crippen LogP contribution in [0.5, 0.6) is 0 Å². The maximum atomic E-state index is 10.9. The maximum Gasteiger partial charge on any atom is 0.0297 e. The third-order valence-electron chi connectivity index (χ3n) is 2.64. The zero-order valence-corrected chi connectivity index (χ0v) is 9.95. The van der Waals surface area contributed by atoms with Gasteiger partial charge in [0.1, 0.15) is 0 Å². The highest BCUT2D eigenvalue weighted by atomic mass is 32.2. The van der Waals surface area contributed by atoms with Gasteiger partial charge in [0.25, 0.3) is 0 Å². The number of hydrogen-bond donors (Lipinski definition) is 0. The maximum absolute atomic E-state index is 10.9. The Balaban J connectivity index is 3.92. The zero-order chi connectivity index (χ0) is 10.5. The summed E-state index contributed by atoms with van der Waals surface area (Å²) in [6.07, 6.45) is 3.63. The summed E-state index contributed by atoms with van der Waals surface area (Å²) in [7, 11) is 0. The summed E-state index contributed by atoms with van der Waals surface area (Å²) in [6, 6.07) is 0.